The predicted molar refractivity (Wildman–Crippen MR) is 109 cm³/mol. The van der Waals surface area contributed by atoms with Crippen LogP contribution >= 0.6 is 0 Å². The Balaban J connectivity index is 1.65. The van der Waals surface area contributed by atoms with Gasteiger partial charge >= 0.3 is 0 Å². The normalized spacial score (nSPS) is 17.6. The number of aliphatic hydroxyl groups excluding tert-OH is 1. The van der Waals surface area contributed by atoms with Gasteiger partial charge in [0, 0.05) is 49.4 Å². The van der Waals surface area contributed by atoms with Gasteiger partial charge in [0.2, 0.25) is 0 Å². The first-order valence-corrected chi connectivity index (χ1v) is 9.88. The van der Waals surface area contributed by atoms with Crippen LogP contribution in [0, 0.1) is 0 Å². The molecule has 3 heterocycles. The summed E-state index contributed by atoms with van der Waals surface area (Å²) in [6.07, 6.45) is 4.25. The van der Waals surface area contributed by atoms with Crippen molar-refractivity contribution in [2.45, 2.75) is 31.8 Å². The van der Waals surface area contributed by atoms with E-state index in [-0.39, 0.29) is 6.61 Å². The molecule has 1 atom stereocenters. The monoisotopic (exact) mass is 364 g/mol. The molecule has 4 rings (SSSR count). The van der Waals surface area contributed by atoms with Crippen LogP contribution in [0.3, 0.4) is 0 Å². The molecule has 3 aromatic rings. The Morgan fingerprint density at radius 1 is 1.11 bits per heavy atom. The number of rotatable bonds is 7. The number of hydrogen-bond donors (Lipinski definition) is 3. The number of aromatic amines is 1. The second-order valence-corrected chi connectivity index (χ2v) is 7.38. The minimum atomic E-state index is 0.160. The molecule has 1 aromatic carbocycles. The number of nitrogens with one attached hydrogen (secondary N) is 2. The van der Waals surface area contributed by atoms with Crippen molar-refractivity contribution < 1.29 is 5.11 Å². The first kappa shape index (κ1) is 18.2. The highest BCUT2D eigenvalue weighted by atomic mass is 16.3. The standard InChI is InChI=1S/C22H28N4O/c27-13-12-26(15-17-6-2-1-3-7-17)16-20-19-9-5-11-24-22(19)25-21(20)18-8-4-10-23-14-18/h1-3,5-7,9,11,18,23,27H,4,8,10,12-16H2,(H,24,25)/t18-/m1/s1. The molecular weight excluding hydrogens is 336 g/mol. The zero-order valence-corrected chi connectivity index (χ0v) is 15.7. The summed E-state index contributed by atoms with van der Waals surface area (Å²) in [7, 11) is 0. The average molecular weight is 364 g/mol. The molecule has 0 amide bonds. The molecule has 5 heteroatoms. The summed E-state index contributed by atoms with van der Waals surface area (Å²) in [6, 6.07) is 14.6. The molecular formula is C22H28N4O. The van der Waals surface area contributed by atoms with Crippen molar-refractivity contribution in [3.05, 3.63) is 65.5 Å². The van der Waals surface area contributed by atoms with Crippen LogP contribution in [-0.4, -0.2) is 46.2 Å². The second-order valence-electron chi connectivity index (χ2n) is 7.38. The van der Waals surface area contributed by atoms with Crippen molar-refractivity contribution in [3.63, 3.8) is 0 Å². The second kappa shape index (κ2) is 8.65. The number of aliphatic hydroxyl groups is 1. The van der Waals surface area contributed by atoms with Gasteiger partial charge in [0.25, 0.3) is 0 Å². The van der Waals surface area contributed by atoms with E-state index in [0.717, 1.165) is 31.8 Å². The molecule has 27 heavy (non-hydrogen) atoms. The topological polar surface area (TPSA) is 64.2 Å². The zero-order chi connectivity index (χ0) is 18.5. The Labute approximate surface area is 160 Å². The van der Waals surface area contributed by atoms with E-state index in [1.54, 1.807) is 0 Å². The fourth-order valence-electron chi connectivity index (χ4n) is 4.13. The third-order valence-electron chi connectivity index (χ3n) is 5.46. The molecule has 0 aliphatic carbocycles. The van der Waals surface area contributed by atoms with E-state index in [1.807, 2.05) is 18.3 Å². The quantitative estimate of drug-likeness (QED) is 0.603. The van der Waals surface area contributed by atoms with E-state index in [1.165, 1.54) is 35.0 Å². The minimum Gasteiger partial charge on any atom is -0.395 e. The number of fused-ring (bicyclic) bond motifs is 1. The molecule has 3 N–H and O–H groups in total. The van der Waals surface area contributed by atoms with Crippen molar-refractivity contribution >= 4 is 11.0 Å². The van der Waals surface area contributed by atoms with Crippen LogP contribution < -0.4 is 5.32 Å². The van der Waals surface area contributed by atoms with Gasteiger partial charge in [-0.05, 0) is 42.6 Å². The molecule has 142 valence electrons. The highest BCUT2D eigenvalue weighted by molar-refractivity contribution is 5.81. The van der Waals surface area contributed by atoms with Gasteiger partial charge in [-0.3, -0.25) is 4.90 Å². The predicted octanol–water partition coefficient (Wildman–Crippen LogP) is 3.02. The van der Waals surface area contributed by atoms with Crippen LogP contribution in [0.4, 0.5) is 0 Å². The number of aromatic nitrogens is 2. The van der Waals surface area contributed by atoms with E-state index in [0.29, 0.717) is 12.5 Å². The molecule has 2 aromatic heterocycles. The number of hydrogen-bond acceptors (Lipinski definition) is 4. The maximum Gasteiger partial charge on any atom is 0.137 e. The molecule has 1 saturated heterocycles. The average Bonchev–Trinajstić information content (AvgIpc) is 3.08. The number of H-pyrrole nitrogens is 1. The zero-order valence-electron chi connectivity index (χ0n) is 15.7. The van der Waals surface area contributed by atoms with E-state index >= 15 is 0 Å². The highest BCUT2D eigenvalue weighted by Gasteiger charge is 2.23. The Morgan fingerprint density at radius 3 is 2.78 bits per heavy atom. The lowest BCUT2D eigenvalue weighted by molar-refractivity contribution is 0.184. The summed E-state index contributed by atoms with van der Waals surface area (Å²) in [5.74, 6) is 0.496. The number of piperidine rings is 1. The Hall–Kier alpha value is -2.21. The fourth-order valence-corrected chi connectivity index (χ4v) is 4.13. The van der Waals surface area contributed by atoms with E-state index in [4.69, 9.17) is 0 Å². The maximum atomic E-state index is 9.60. The molecule has 1 aliphatic heterocycles. The van der Waals surface area contributed by atoms with Crippen molar-refractivity contribution in [1.29, 1.82) is 0 Å². The number of nitrogens with zero attached hydrogens (tertiary/aromatic N) is 2. The molecule has 1 fully saturated rings. The SMILES string of the molecule is OCCN(Cc1ccccc1)Cc1c([C@@H]2CCCNC2)[nH]c2ncccc12. The lowest BCUT2D eigenvalue weighted by atomic mass is 9.93. The highest BCUT2D eigenvalue weighted by Crippen LogP contribution is 2.31. The number of benzene rings is 1. The summed E-state index contributed by atoms with van der Waals surface area (Å²) in [5, 5.41) is 14.3. The first-order chi connectivity index (χ1) is 13.3. The van der Waals surface area contributed by atoms with Crippen LogP contribution in [0.25, 0.3) is 11.0 Å². The Kier molecular flexibility index (Phi) is 5.82. The van der Waals surface area contributed by atoms with Gasteiger partial charge in [-0.15, -0.1) is 0 Å². The largest absolute Gasteiger partial charge is 0.395 e. The van der Waals surface area contributed by atoms with Crippen molar-refractivity contribution in [3.8, 4) is 0 Å². The van der Waals surface area contributed by atoms with Crippen LogP contribution in [0.2, 0.25) is 0 Å². The summed E-state index contributed by atoms with van der Waals surface area (Å²) < 4.78 is 0. The molecule has 0 saturated carbocycles. The summed E-state index contributed by atoms with van der Waals surface area (Å²) in [6.45, 7) is 4.58. The summed E-state index contributed by atoms with van der Waals surface area (Å²) in [5.41, 5.74) is 4.88. The van der Waals surface area contributed by atoms with Gasteiger partial charge in [-0.1, -0.05) is 30.3 Å². The molecule has 0 radical (unpaired) electrons. The van der Waals surface area contributed by atoms with Gasteiger partial charge in [-0.2, -0.15) is 0 Å². The Bertz CT molecular complexity index is 855. The van der Waals surface area contributed by atoms with Gasteiger partial charge < -0.3 is 15.4 Å². The van der Waals surface area contributed by atoms with Crippen LogP contribution in [0.5, 0.6) is 0 Å². The van der Waals surface area contributed by atoms with Crippen molar-refractivity contribution in [2.75, 3.05) is 26.2 Å². The molecule has 0 unspecified atom stereocenters. The minimum absolute atomic E-state index is 0.160. The van der Waals surface area contributed by atoms with E-state index in [2.05, 4.69) is 50.5 Å². The van der Waals surface area contributed by atoms with Gasteiger partial charge in [0.05, 0.1) is 6.61 Å². The van der Waals surface area contributed by atoms with E-state index < -0.39 is 0 Å². The smallest absolute Gasteiger partial charge is 0.137 e. The lowest BCUT2D eigenvalue weighted by Crippen LogP contribution is -2.30. The fraction of sp³-hybridized carbons (Fsp3) is 0.409. The molecule has 5 nitrogen and oxygen atoms in total. The number of pyridine rings is 1. The maximum absolute atomic E-state index is 9.60. The molecule has 0 bridgehead atoms. The Morgan fingerprint density at radius 2 is 2.00 bits per heavy atom. The van der Waals surface area contributed by atoms with Gasteiger partial charge in [0.15, 0.2) is 0 Å². The van der Waals surface area contributed by atoms with Crippen molar-refractivity contribution in [1.82, 2.24) is 20.2 Å². The van der Waals surface area contributed by atoms with E-state index in [9.17, 15) is 5.11 Å². The molecule has 1 aliphatic rings. The van der Waals surface area contributed by atoms with Crippen LogP contribution in [0.15, 0.2) is 48.7 Å². The van der Waals surface area contributed by atoms with Crippen molar-refractivity contribution in [2.24, 2.45) is 0 Å². The van der Waals surface area contributed by atoms with Crippen LogP contribution in [0.1, 0.15) is 35.6 Å². The third kappa shape index (κ3) is 4.21. The first-order valence-electron chi connectivity index (χ1n) is 9.88. The molecule has 0 spiro atoms. The summed E-state index contributed by atoms with van der Waals surface area (Å²) >= 11 is 0. The van der Waals surface area contributed by atoms with Gasteiger partial charge in [-0.25, -0.2) is 4.98 Å². The van der Waals surface area contributed by atoms with Crippen LogP contribution in [-0.2, 0) is 13.1 Å². The van der Waals surface area contributed by atoms with Gasteiger partial charge in [0.1, 0.15) is 5.65 Å². The summed E-state index contributed by atoms with van der Waals surface area (Å²) in [4.78, 5) is 10.5. The third-order valence-corrected chi connectivity index (χ3v) is 5.46. The lowest BCUT2D eigenvalue weighted by Gasteiger charge is -2.26.